The highest BCUT2D eigenvalue weighted by Crippen LogP contribution is 2.30. The lowest BCUT2D eigenvalue weighted by Crippen LogP contribution is -2.07. The molecule has 0 unspecified atom stereocenters. The molecular weight excluding hydrogens is 373 g/mol. The van der Waals surface area contributed by atoms with Crippen molar-refractivity contribution in [1.29, 1.82) is 0 Å². The molecule has 0 fully saturated rings. The van der Waals surface area contributed by atoms with E-state index in [1.165, 1.54) is 23.5 Å². The van der Waals surface area contributed by atoms with E-state index < -0.39 is 11.7 Å². The smallest absolute Gasteiger partial charge is 0.298 e. The largest absolute Gasteiger partial charge is 0.416 e. The van der Waals surface area contributed by atoms with Crippen LogP contribution >= 0.6 is 11.3 Å². The summed E-state index contributed by atoms with van der Waals surface area (Å²) in [6.07, 6.45) is 0.600. The zero-order chi connectivity index (χ0) is 19.3. The van der Waals surface area contributed by atoms with Gasteiger partial charge in [0.05, 0.1) is 5.56 Å². The second-order valence-electron chi connectivity index (χ2n) is 5.74. The molecule has 1 aromatic heterocycles. The number of amides is 1. The third-order valence-electron chi connectivity index (χ3n) is 3.64. The number of nitrogens with zero attached hydrogens (tertiary/aromatic N) is 1. The number of hydrogen-bond donors (Lipinski definition) is 1. The predicted octanol–water partition coefficient (Wildman–Crippen LogP) is 5.40. The highest BCUT2D eigenvalue weighted by atomic mass is 32.1. The Balaban J connectivity index is 1.62. The Labute approximate surface area is 158 Å². The third kappa shape index (κ3) is 5.52. The molecule has 0 aliphatic heterocycles. The lowest BCUT2D eigenvalue weighted by Gasteiger charge is -2.07. The first-order chi connectivity index (χ1) is 12.9. The molecule has 138 valence electrons. The standard InChI is InChI=1S/C20H15F3N2OS/c21-20(22,23)16-8-4-7-15(11-16)12-17-13-24-19(27-17)25-18(26)10-9-14-5-2-1-3-6-14/h1-11,13H,12H2,(H,24,25,26). The van der Waals surface area contributed by atoms with Gasteiger partial charge in [0, 0.05) is 23.6 Å². The topological polar surface area (TPSA) is 42.0 Å². The SMILES string of the molecule is O=C(C=Cc1ccccc1)Nc1ncc(Cc2cccc(C(F)(F)F)c2)s1. The van der Waals surface area contributed by atoms with Crippen LogP contribution in [0.1, 0.15) is 21.6 Å². The molecule has 0 aliphatic rings. The van der Waals surface area contributed by atoms with E-state index in [4.69, 9.17) is 0 Å². The van der Waals surface area contributed by atoms with Gasteiger partial charge >= 0.3 is 6.18 Å². The molecule has 0 atom stereocenters. The number of halogens is 3. The van der Waals surface area contributed by atoms with E-state index in [1.807, 2.05) is 30.3 Å². The Morgan fingerprint density at radius 1 is 1.11 bits per heavy atom. The number of carbonyl (C=O) groups excluding carboxylic acids is 1. The van der Waals surface area contributed by atoms with Crippen molar-refractivity contribution in [2.75, 3.05) is 5.32 Å². The van der Waals surface area contributed by atoms with Crippen LogP contribution in [0.25, 0.3) is 6.08 Å². The van der Waals surface area contributed by atoms with Crippen molar-refractivity contribution in [3.63, 3.8) is 0 Å². The number of benzene rings is 2. The van der Waals surface area contributed by atoms with Gasteiger partial charge < -0.3 is 0 Å². The highest BCUT2D eigenvalue weighted by Gasteiger charge is 2.30. The maximum absolute atomic E-state index is 12.8. The summed E-state index contributed by atoms with van der Waals surface area (Å²) in [4.78, 5) is 16.8. The van der Waals surface area contributed by atoms with Crippen LogP contribution in [0.3, 0.4) is 0 Å². The molecule has 0 saturated heterocycles. The number of carbonyl (C=O) groups is 1. The quantitative estimate of drug-likeness (QED) is 0.594. The minimum atomic E-state index is -4.37. The molecule has 3 aromatic rings. The molecule has 0 spiro atoms. The second-order valence-corrected chi connectivity index (χ2v) is 6.86. The first-order valence-corrected chi connectivity index (χ1v) is 8.87. The summed E-state index contributed by atoms with van der Waals surface area (Å²) in [5.41, 5.74) is 0.761. The number of aromatic nitrogens is 1. The van der Waals surface area contributed by atoms with Gasteiger partial charge in [0.1, 0.15) is 0 Å². The van der Waals surface area contributed by atoms with Gasteiger partial charge in [-0.1, -0.05) is 48.5 Å². The van der Waals surface area contributed by atoms with Gasteiger partial charge in [0.25, 0.3) is 0 Å². The molecule has 3 rings (SSSR count). The number of nitrogens with one attached hydrogen (secondary N) is 1. The summed E-state index contributed by atoms with van der Waals surface area (Å²) in [6, 6.07) is 14.6. The van der Waals surface area contributed by atoms with E-state index in [0.29, 0.717) is 17.1 Å². The second kappa shape index (κ2) is 8.18. The Morgan fingerprint density at radius 2 is 1.89 bits per heavy atom. The minimum Gasteiger partial charge on any atom is -0.298 e. The zero-order valence-corrected chi connectivity index (χ0v) is 14.8. The van der Waals surface area contributed by atoms with Crippen LogP contribution in [0.5, 0.6) is 0 Å². The van der Waals surface area contributed by atoms with E-state index >= 15 is 0 Å². The van der Waals surface area contributed by atoms with Crippen LogP contribution < -0.4 is 5.32 Å². The van der Waals surface area contributed by atoms with E-state index in [-0.39, 0.29) is 5.91 Å². The minimum absolute atomic E-state index is 0.317. The van der Waals surface area contributed by atoms with Crippen LogP contribution in [0.2, 0.25) is 0 Å². The van der Waals surface area contributed by atoms with Crippen LogP contribution in [0, 0.1) is 0 Å². The Kier molecular flexibility index (Phi) is 5.71. The van der Waals surface area contributed by atoms with Crippen LogP contribution in [0.15, 0.2) is 66.9 Å². The third-order valence-corrected chi connectivity index (χ3v) is 4.56. The number of hydrogen-bond acceptors (Lipinski definition) is 3. The Hall–Kier alpha value is -2.93. The van der Waals surface area contributed by atoms with Crippen molar-refractivity contribution < 1.29 is 18.0 Å². The summed E-state index contributed by atoms with van der Waals surface area (Å²) in [7, 11) is 0. The van der Waals surface area contributed by atoms with Crippen LogP contribution in [-0.4, -0.2) is 10.9 Å². The molecule has 0 saturated carbocycles. The summed E-state index contributed by atoms with van der Waals surface area (Å²) in [5.74, 6) is -0.321. The Morgan fingerprint density at radius 3 is 2.63 bits per heavy atom. The van der Waals surface area contributed by atoms with Crippen molar-refractivity contribution in [2.45, 2.75) is 12.6 Å². The molecular formula is C20H15F3N2OS. The molecule has 1 amide bonds. The molecule has 0 aliphatic carbocycles. The maximum atomic E-state index is 12.8. The normalized spacial score (nSPS) is 11.7. The molecule has 2 aromatic carbocycles. The van der Waals surface area contributed by atoms with Crippen molar-refractivity contribution in [1.82, 2.24) is 4.98 Å². The molecule has 1 heterocycles. The number of alkyl halides is 3. The van der Waals surface area contributed by atoms with E-state index in [0.717, 1.165) is 22.6 Å². The van der Waals surface area contributed by atoms with E-state index in [9.17, 15) is 18.0 Å². The molecule has 1 N–H and O–H groups in total. The summed E-state index contributed by atoms with van der Waals surface area (Å²) in [5, 5.41) is 3.06. The molecule has 0 bridgehead atoms. The van der Waals surface area contributed by atoms with Crippen molar-refractivity contribution in [3.8, 4) is 0 Å². The van der Waals surface area contributed by atoms with Gasteiger partial charge in [-0.15, -0.1) is 11.3 Å². The summed E-state index contributed by atoms with van der Waals surface area (Å²) < 4.78 is 38.4. The Bertz CT molecular complexity index is 949. The van der Waals surface area contributed by atoms with Crippen molar-refractivity contribution in [2.24, 2.45) is 0 Å². The lowest BCUT2D eigenvalue weighted by atomic mass is 10.1. The number of thiazole rings is 1. The lowest BCUT2D eigenvalue weighted by molar-refractivity contribution is -0.137. The van der Waals surface area contributed by atoms with Gasteiger partial charge in [-0.05, 0) is 23.3 Å². The molecule has 0 radical (unpaired) electrons. The average molecular weight is 388 g/mol. The van der Waals surface area contributed by atoms with E-state index in [1.54, 1.807) is 18.3 Å². The van der Waals surface area contributed by atoms with Gasteiger partial charge in [-0.2, -0.15) is 13.2 Å². The zero-order valence-electron chi connectivity index (χ0n) is 14.0. The maximum Gasteiger partial charge on any atom is 0.416 e. The van der Waals surface area contributed by atoms with Crippen LogP contribution in [0.4, 0.5) is 18.3 Å². The van der Waals surface area contributed by atoms with Crippen LogP contribution in [-0.2, 0) is 17.4 Å². The highest BCUT2D eigenvalue weighted by molar-refractivity contribution is 7.15. The molecule has 27 heavy (non-hydrogen) atoms. The first-order valence-electron chi connectivity index (χ1n) is 8.05. The van der Waals surface area contributed by atoms with E-state index in [2.05, 4.69) is 10.3 Å². The van der Waals surface area contributed by atoms with Gasteiger partial charge in [0.2, 0.25) is 5.91 Å². The van der Waals surface area contributed by atoms with Gasteiger partial charge in [-0.25, -0.2) is 4.98 Å². The fraction of sp³-hybridized carbons (Fsp3) is 0.100. The van der Waals surface area contributed by atoms with Crippen molar-refractivity contribution in [3.05, 3.63) is 88.4 Å². The number of rotatable bonds is 5. The van der Waals surface area contributed by atoms with Gasteiger partial charge in [-0.3, -0.25) is 10.1 Å². The molecule has 3 nitrogen and oxygen atoms in total. The average Bonchev–Trinajstić information content (AvgIpc) is 3.07. The monoisotopic (exact) mass is 388 g/mol. The first kappa shape index (κ1) is 18.8. The van der Waals surface area contributed by atoms with Gasteiger partial charge in [0.15, 0.2) is 5.13 Å². The predicted molar refractivity (Wildman–Crippen MR) is 100 cm³/mol. The fourth-order valence-electron chi connectivity index (χ4n) is 2.39. The summed E-state index contributed by atoms with van der Waals surface area (Å²) in [6.45, 7) is 0. The van der Waals surface area contributed by atoms with Crippen molar-refractivity contribution >= 4 is 28.5 Å². The fourth-order valence-corrected chi connectivity index (χ4v) is 3.24. The summed E-state index contributed by atoms with van der Waals surface area (Å²) >= 11 is 1.23. The molecule has 7 heteroatoms. The number of anilines is 1.